The Balaban J connectivity index is 1.64. The van der Waals surface area contributed by atoms with Crippen LogP contribution in [0.15, 0.2) is 10.6 Å². The Bertz CT molecular complexity index is 487. The Morgan fingerprint density at radius 3 is 2.85 bits per heavy atom. The van der Waals surface area contributed by atoms with Crippen molar-refractivity contribution < 1.29 is 23.8 Å². The second kappa shape index (κ2) is 6.38. The quantitative estimate of drug-likeness (QED) is 0.721. The number of ether oxygens (including phenoxy) is 1. The number of oxazole rings is 1. The van der Waals surface area contributed by atoms with Gasteiger partial charge in [-0.1, -0.05) is 0 Å². The van der Waals surface area contributed by atoms with E-state index in [2.05, 4.69) is 15.6 Å². The van der Waals surface area contributed by atoms with Crippen LogP contribution in [0.2, 0.25) is 0 Å². The van der Waals surface area contributed by atoms with Crippen LogP contribution < -0.4 is 10.6 Å². The molecule has 0 bridgehead atoms. The summed E-state index contributed by atoms with van der Waals surface area (Å²) in [5, 5.41) is 14.0. The lowest BCUT2D eigenvalue weighted by Gasteiger charge is -2.12. The van der Waals surface area contributed by atoms with Crippen molar-refractivity contribution >= 4 is 12.0 Å². The van der Waals surface area contributed by atoms with Crippen LogP contribution in [0.5, 0.6) is 0 Å². The van der Waals surface area contributed by atoms with Crippen LogP contribution in [0.1, 0.15) is 24.5 Å². The van der Waals surface area contributed by atoms with Gasteiger partial charge in [0.05, 0.1) is 18.8 Å². The van der Waals surface area contributed by atoms with Gasteiger partial charge in [0.25, 0.3) is 0 Å². The van der Waals surface area contributed by atoms with E-state index in [4.69, 9.17) is 14.3 Å². The summed E-state index contributed by atoms with van der Waals surface area (Å²) in [6.45, 7) is 2.25. The molecule has 0 saturated carbocycles. The van der Waals surface area contributed by atoms with Crippen molar-refractivity contribution in [2.24, 2.45) is 0 Å². The molecule has 110 valence electrons. The van der Waals surface area contributed by atoms with E-state index in [-0.39, 0.29) is 25.2 Å². The molecular weight excluding hydrogens is 266 g/mol. The first kappa shape index (κ1) is 14.3. The number of aliphatic carboxylic acids is 1. The van der Waals surface area contributed by atoms with Crippen LogP contribution in [0, 0.1) is 6.92 Å². The minimum Gasteiger partial charge on any atom is -0.479 e. The number of hydrogen-bond acceptors (Lipinski definition) is 5. The van der Waals surface area contributed by atoms with E-state index >= 15 is 0 Å². The zero-order valence-corrected chi connectivity index (χ0v) is 11.1. The normalized spacial score (nSPS) is 21.6. The number of carboxylic acid groups (broad SMARTS) is 1. The van der Waals surface area contributed by atoms with Crippen molar-refractivity contribution in [1.82, 2.24) is 15.6 Å². The highest BCUT2D eigenvalue weighted by atomic mass is 16.5. The van der Waals surface area contributed by atoms with E-state index < -0.39 is 12.1 Å². The van der Waals surface area contributed by atoms with Crippen LogP contribution in [0.25, 0.3) is 0 Å². The molecule has 2 atom stereocenters. The van der Waals surface area contributed by atoms with Crippen LogP contribution in [0.3, 0.4) is 0 Å². The summed E-state index contributed by atoms with van der Waals surface area (Å²) in [5.74, 6) is 0.151. The van der Waals surface area contributed by atoms with E-state index in [1.807, 2.05) is 0 Å². The molecule has 0 aliphatic carbocycles. The number of urea groups is 1. The third kappa shape index (κ3) is 3.95. The molecule has 1 aromatic rings. The molecule has 2 amide bonds. The van der Waals surface area contributed by atoms with Gasteiger partial charge in [0.2, 0.25) is 5.89 Å². The van der Waals surface area contributed by atoms with Gasteiger partial charge in [0.15, 0.2) is 6.10 Å². The first-order chi connectivity index (χ1) is 9.54. The van der Waals surface area contributed by atoms with Crippen LogP contribution in [0.4, 0.5) is 4.79 Å². The SMILES string of the molecule is Cc1cnc(CNC(=O)NCC2CCC(C(=O)O)O2)o1. The Kier molecular flexibility index (Phi) is 4.57. The topological polar surface area (TPSA) is 114 Å². The lowest BCUT2D eigenvalue weighted by molar-refractivity contribution is -0.149. The lowest BCUT2D eigenvalue weighted by atomic mass is 10.2. The number of nitrogens with one attached hydrogen (secondary N) is 2. The average molecular weight is 283 g/mol. The van der Waals surface area contributed by atoms with Gasteiger partial charge < -0.3 is 24.9 Å². The number of nitrogens with zero attached hydrogens (tertiary/aromatic N) is 1. The predicted octanol–water partition coefficient (Wildman–Crippen LogP) is 0.414. The van der Waals surface area contributed by atoms with Crippen molar-refractivity contribution in [3.63, 3.8) is 0 Å². The summed E-state index contributed by atoms with van der Waals surface area (Å²) in [7, 11) is 0. The van der Waals surface area contributed by atoms with Gasteiger partial charge in [-0.3, -0.25) is 0 Å². The van der Waals surface area contributed by atoms with Crippen molar-refractivity contribution in [2.45, 2.75) is 38.5 Å². The number of hydrogen-bond donors (Lipinski definition) is 3. The first-order valence-electron chi connectivity index (χ1n) is 6.36. The maximum atomic E-state index is 11.5. The smallest absolute Gasteiger partial charge is 0.332 e. The minimum absolute atomic E-state index is 0.197. The van der Waals surface area contributed by atoms with Gasteiger partial charge in [0.1, 0.15) is 5.76 Å². The van der Waals surface area contributed by atoms with Crippen molar-refractivity contribution in [3.05, 3.63) is 17.8 Å². The van der Waals surface area contributed by atoms with Crippen molar-refractivity contribution in [3.8, 4) is 0 Å². The molecule has 1 aliphatic heterocycles. The average Bonchev–Trinajstić information content (AvgIpc) is 3.03. The lowest BCUT2D eigenvalue weighted by Crippen LogP contribution is -2.39. The Morgan fingerprint density at radius 2 is 2.25 bits per heavy atom. The van der Waals surface area contributed by atoms with Gasteiger partial charge >= 0.3 is 12.0 Å². The maximum Gasteiger partial charge on any atom is 0.332 e. The van der Waals surface area contributed by atoms with Crippen molar-refractivity contribution in [2.75, 3.05) is 6.54 Å². The summed E-state index contributed by atoms with van der Waals surface area (Å²) in [4.78, 5) is 26.2. The van der Waals surface area contributed by atoms with Gasteiger partial charge in [-0.15, -0.1) is 0 Å². The standard InChI is InChI=1S/C12H17N3O5/c1-7-4-13-10(19-7)6-15-12(18)14-5-8-2-3-9(20-8)11(16)17/h4,8-9H,2-3,5-6H2,1H3,(H,16,17)(H2,14,15,18). The molecule has 2 rings (SSSR count). The summed E-state index contributed by atoms with van der Waals surface area (Å²) in [5.41, 5.74) is 0. The zero-order valence-electron chi connectivity index (χ0n) is 11.1. The van der Waals surface area contributed by atoms with E-state index in [1.165, 1.54) is 0 Å². The first-order valence-corrected chi connectivity index (χ1v) is 6.36. The molecule has 8 nitrogen and oxygen atoms in total. The van der Waals surface area contributed by atoms with E-state index in [0.717, 1.165) is 0 Å². The molecule has 2 heterocycles. The number of aromatic nitrogens is 1. The van der Waals surface area contributed by atoms with Gasteiger partial charge in [-0.05, 0) is 19.8 Å². The number of carboxylic acids is 1. The van der Waals surface area contributed by atoms with E-state index in [0.29, 0.717) is 24.5 Å². The second-order valence-electron chi connectivity index (χ2n) is 4.59. The fourth-order valence-electron chi connectivity index (χ4n) is 1.95. The minimum atomic E-state index is -0.962. The monoisotopic (exact) mass is 283 g/mol. The van der Waals surface area contributed by atoms with Crippen LogP contribution in [-0.2, 0) is 16.1 Å². The second-order valence-corrected chi connectivity index (χ2v) is 4.59. The predicted molar refractivity (Wildman–Crippen MR) is 67.0 cm³/mol. The molecule has 1 aromatic heterocycles. The molecule has 1 saturated heterocycles. The molecule has 0 spiro atoms. The van der Waals surface area contributed by atoms with Crippen LogP contribution in [-0.4, -0.2) is 40.8 Å². The van der Waals surface area contributed by atoms with Gasteiger partial charge in [-0.25, -0.2) is 14.6 Å². The third-order valence-electron chi connectivity index (χ3n) is 2.94. The third-order valence-corrected chi connectivity index (χ3v) is 2.94. The number of amides is 2. The molecule has 1 aliphatic rings. The zero-order chi connectivity index (χ0) is 14.5. The number of carbonyl (C=O) groups excluding carboxylic acids is 1. The summed E-state index contributed by atoms with van der Waals surface area (Å²) < 4.78 is 10.5. The number of aryl methyl sites for hydroxylation is 1. The van der Waals surface area contributed by atoms with E-state index in [9.17, 15) is 9.59 Å². The maximum absolute atomic E-state index is 11.5. The molecule has 20 heavy (non-hydrogen) atoms. The summed E-state index contributed by atoms with van der Waals surface area (Å²) >= 11 is 0. The Labute approximate surface area is 115 Å². The van der Waals surface area contributed by atoms with Gasteiger partial charge in [-0.2, -0.15) is 0 Å². The van der Waals surface area contributed by atoms with Crippen LogP contribution >= 0.6 is 0 Å². The fourth-order valence-corrected chi connectivity index (χ4v) is 1.95. The molecule has 1 fully saturated rings. The largest absolute Gasteiger partial charge is 0.479 e. The Morgan fingerprint density at radius 1 is 1.45 bits per heavy atom. The molecular formula is C12H17N3O5. The molecule has 2 unspecified atom stereocenters. The molecule has 8 heteroatoms. The highest BCUT2D eigenvalue weighted by Gasteiger charge is 2.30. The van der Waals surface area contributed by atoms with Gasteiger partial charge in [0, 0.05) is 6.54 Å². The summed E-state index contributed by atoms with van der Waals surface area (Å²) in [6, 6.07) is -0.372. The molecule has 0 aromatic carbocycles. The highest BCUT2D eigenvalue weighted by molar-refractivity contribution is 5.74. The fraction of sp³-hybridized carbons (Fsp3) is 0.583. The molecule has 0 radical (unpaired) electrons. The molecule has 3 N–H and O–H groups in total. The Hall–Kier alpha value is -2.09. The summed E-state index contributed by atoms with van der Waals surface area (Å²) in [6.07, 6.45) is 1.65. The van der Waals surface area contributed by atoms with Crippen molar-refractivity contribution in [1.29, 1.82) is 0 Å². The highest BCUT2D eigenvalue weighted by Crippen LogP contribution is 2.19. The van der Waals surface area contributed by atoms with E-state index in [1.54, 1.807) is 13.1 Å². The number of rotatable bonds is 5. The number of carbonyl (C=O) groups is 2.